The van der Waals surface area contributed by atoms with E-state index in [0.29, 0.717) is 11.8 Å². The number of likely N-dealkylation sites (tertiary alicyclic amines) is 1. The molecule has 0 aromatic carbocycles. The Morgan fingerprint density at radius 3 is 2.50 bits per heavy atom. The Hall–Kier alpha value is -1.98. The number of carbonyl (C=O) groups excluding carboxylic acids is 2. The molecule has 0 spiro atoms. The molecule has 0 bridgehead atoms. The molecule has 168 valence electrons. The van der Waals surface area contributed by atoms with E-state index in [1.807, 2.05) is 20.8 Å². The summed E-state index contributed by atoms with van der Waals surface area (Å²) in [6.07, 6.45) is 6.28. The van der Waals surface area contributed by atoms with Crippen LogP contribution in [0.25, 0.3) is 0 Å². The van der Waals surface area contributed by atoms with Crippen molar-refractivity contribution < 1.29 is 14.3 Å². The Kier molecular flexibility index (Phi) is 6.54. The molecule has 0 radical (unpaired) electrons. The highest BCUT2D eigenvalue weighted by Gasteiger charge is 2.45. The van der Waals surface area contributed by atoms with E-state index >= 15 is 0 Å². The van der Waals surface area contributed by atoms with E-state index in [1.54, 1.807) is 12.2 Å². The molecule has 30 heavy (non-hydrogen) atoms. The molecule has 0 aromatic rings. The van der Waals surface area contributed by atoms with Gasteiger partial charge < -0.3 is 19.9 Å². The largest absolute Gasteiger partial charge is 0.490 e. The Morgan fingerprint density at radius 1 is 1.20 bits per heavy atom. The lowest BCUT2D eigenvalue weighted by Gasteiger charge is -2.37. The zero-order valence-electron chi connectivity index (χ0n) is 19.7. The van der Waals surface area contributed by atoms with Crippen molar-refractivity contribution in [2.24, 2.45) is 11.8 Å². The van der Waals surface area contributed by atoms with Crippen molar-refractivity contribution in [1.29, 1.82) is 0 Å². The molecule has 6 heteroatoms. The second-order valence-corrected chi connectivity index (χ2v) is 10.5. The van der Waals surface area contributed by atoms with Crippen molar-refractivity contribution in [1.82, 2.24) is 15.1 Å². The molecular weight excluding hydrogens is 378 g/mol. The standard InChI is InChI=1S/C24H39N3O3/c1-8-16(4)23-20(30-24(5,6)7)13-22(29)27(23)17-9-10-26(14-17)19-12-21(28)25-18(19)11-15(2)3/h12-13,15-18,23H,8-11,14H2,1-7H3,(H,25,28)/t16-,17-,18-,23-/m0/s1. The summed E-state index contributed by atoms with van der Waals surface area (Å²) in [6, 6.07) is 0.189. The number of nitrogens with one attached hydrogen (secondary N) is 1. The maximum atomic E-state index is 13.0. The first-order chi connectivity index (χ1) is 14.0. The molecule has 3 aliphatic heterocycles. The van der Waals surface area contributed by atoms with Crippen molar-refractivity contribution in [2.45, 2.75) is 91.5 Å². The van der Waals surface area contributed by atoms with Crippen LogP contribution in [-0.2, 0) is 14.3 Å². The van der Waals surface area contributed by atoms with Gasteiger partial charge in [0.05, 0.1) is 18.1 Å². The maximum absolute atomic E-state index is 13.0. The zero-order chi connectivity index (χ0) is 22.2. The van der Waals surface area contributed by atoms with Crippen LogP contribution in [0.5, 0.6) is 0 Å². The highest BCUT2D eigenvalue weighted by atomic mass is 16.5. The molecule has 1 saturated heterocycles. The van der Waals surface area contributed by atoms with Gasteiger partial charge in [-0.15, -0.1) is 0 Å². The summed E-state index contributed by atoms with van der Waals surface area (Å²) in [7, 11) is 0. The van der Waals surface area contributed by atoms with Gasteiger partial charge in [-0.3, -0.25) is 9.59 Å². The fourth-order valence-electron chi connectivity index (χ4n) is 4.87. The van der Waals surface area contributed by atoms with Crippen molar-refractivity contribution in [3.05, 3.63) is 23.6 Å². The second-order valence-electron chi connectivity index (χ2n) is 10.5. The smallest absolute Gasteiger partial charge is 0.250 e. The van der Waals surface area contributed by atoms with E-state index in [9.17, 15) is 9.59 Å². The summed E-state index contributed by atoms with van der Waals surface area (Å²) >= 11 is 0. The van der Waals surface area contributed by atoms with Crippen LogP contribution in [0.3, 0.4) is 0 Å². The molecule has 0 saturated carbocycles. The Balaban J connectivity index is 1.77. The molecule has 4 atom stereocenters. The number of hydrogen-bond acceptors (Lipinski definition) is 4. The summed E-state index contributed by atoms with van der Waals surface area (Å²) in [4.78, 5) is 29.5. The summed E-state index contributed by atoms with van der Waals surface area (Å²) in [5.74, 6) is 1.68. The van der Waals surface area contributed by atoms with Crippen molar-refractivity contribution >= 4 is 11.8 Å². The van der Waals surface area contributed by atoms with Crippen LogP contribution in [0.4, 0.5) is 0 Å². The minimum atomic E-state index is -0.333. The molecule has 0 aliphatic carbocycles. The predicted molar refractivity (Wildman–Crippen MR) is 118 cm³/mol. The van der Waals surface area contributed by atoms with Gasteiger partial charge in [-0.25, -0.2) is 0 Å². The van der Waals surface area contributed by atoms with Crippen molar-refractivity contribution in [3.8, 4) is 0 Å². The Labute approximate surface area is 181 Å². The first-order valence-electron chi connectivity index (χ1n) is 11.5. The fourth-order valence-corrected chi connectivity index (χ4v) is 4.87. The van der Waals surface area contributed by atoms with Gasteiger partial charge in [0.15, 0.2) is 0 Å². The summed E-state index contributed by atoms with van der Waals surface area (Å²) < 4.78 is 6.21. The number of hydrogen-bond donors (Lipinski definition) is 1. The van der Waals surface area contributed by atoms with Gasteiger partial charge in [-0.1, -0.05) is 34.1 Å². The molecule has 6 nitrogen and oxygen atoms in total. The predicted octanol–water partition coefficient (Wildman–Crippen LogP) is 3.45. The maximum Gasteiger partial charge on any atom is 0.250 e. The molecule has 1 N–H and O–H groups in total. The normalized spacial score (nSPS) is 28.2. The topological polar surface area (TPSA) is 61.9 Å². The molecule has 3 aliphatic rings. The zero-order valence-corrected chi connectivity index (χ0v) is 19.7. The molecule has 2 amide bonds. The van der Waals surface area contributed by atoms with Crippen molar-refractivity contribution in [3.63, 3.8) is 0 Å². The Morgan fingerprint density at radius 2 is 1.90 bits per heavy atom. The van der Waals surface area contributed by atoms with Crippen LogP contribution >= 0.6 is 0 Å². The molecule has 0 aromatic heterocycles. The minimum absolute atomic E-state index is 0.00337. The third-order valence-electron chi connectivity index (χ3n) is 6.30. The van der Waals surface area contributed by atoms with E-state index in [0.717, 1.165) is 43.8 Å². The number of carbonyl (C=O) groups is 2. The lowest BCUT2D eigenvalue weighted by Crippen LogP contribution is -2.48. The fraction of sp³-hybridized carbons (Fsp3) is 0.750. The average molecular weight is 418 g/mol. The molecular formula is C24H39N3O3. The van der Waals surface area contributed by atoms with Crippen molar-refractivity contribution in [2.75, 3.05) is 13.1 Å². The Bertz CT molecular complexity index is 734. The molecule has 3 rings (SSSR count). The monoisotopic (exact) mass is 417 g/mol. The van der Waals surface area contributed by atoms with E-state index < -0.39 is 0 Å². The summed E-state index contributed by atoms with van der Waals surface area (Å²) in [5.41, 5.74) is 0.752. The van der Waals surface area contributed by atoms with Gasteiger partial charge in [-0.2, -0.15) is 0 Å². The average Bonchev–Trinajstić information content (AvgIpc) is 3.29. The first kappa shape index (κ1) is 22.7. The number of ether oxygens (including phenoxy) is 1. The highest BCUT2D eigenvalue weighted by molar-refractivity contribution is 5.92. The van der Waals surface area contributed by atoms with Crippen LogP contribution in [-0.4, -0.2) is 58.4 Å². The number of amides is 2. The van der Waals surface area contributed by atoms with Crippen LogP contribution in [0.15, 0.2) is 23.6 Å². The lowest BCUT2D eigenvalue weighted by atomic mass is 9.96. The molecule has 0 unspecified atom stereocenters. The van der Waals surface area contributed by atoms with E-state index in [2.05, 4.69) is 42.8 Å². The third-order valence-corrected chi connectivity index (χ3v) is 6.30. The highest BCUT2D eigenvalue weighted by Crippen LogP contribution is 2.36. The second kappa shape index (κ2) is 8.64. The number of nitrogens with zero attached hydrogens (tertiary/aromatic N) is 2. The number of rotatable bonds is 7. The lowest BCUT2D eigenvalue weighted by molar-refractivity contribution is -0.129. The van der Waals surface area contributed by atoms with Crippen LogP contribution in [0, 0.1) is 11.8 Å². The van der Waals surface area contributed by atoms with Gasteiger partial charge in [0, 0.05) is 30.9 Å². The molecule has 3 heterocycles. The minimum Gasteiger partial charge on any atom is -0.490 e. The van der Waals surface area contributed by atoms with E-state index in [-0.39, 0.29) is 35.5 Å². The summed E-state index contributed by atoms with van der Waals surface area (Å²) in [6.45, 7) is 16.4. The van der Waals surface area contributed by atoms with Crippen LogP contribution in [0.1, 0.15) is 67.7 Å². The van der Waals surface area contributed by atoms with Gasteiger partial charge in [0.25, 0.3) is 5.91 Å². The van der Waals surface area contributed by atoms with E-state index in [1.165, 1.54) is 0 Å². The summed E-state index contributed by atoms with van der Waals surface area (Å²) in [5, 5.41) is 3.09. The SMILES string of the molecule is CC[C@H](C)[C@H]1C(OC(C)(C)C)=CC(=O)N1[C@H]1CCN(C2=CC(=O)N[C@H]2CC(C)C)C1. The van der Waals surface area contributed by atoms with Gasteiger partial charge >= 0.3 is 0 Å². The quantitative estimate of drug-likeness (QED) is 0.689. The third kappa shape index (κ3) is 4.84. The van der Waals surface area contributed by atoms with Crippen LogP contribution in [0.2, 0.25) is 0 Å². The van der Waals surface area contributed by atoms with Crippen LogP contribution < -0.4 is 5.32 Å². The molecule has 1 fully saturated rings. The van der Waals surface area contributed by atoms with Gasteiger partial charge in [-0.05, 0) is 45.4 Å². The first-order valence-corrected chi connectivity index (χ1v) is 11.5. The van der Waals surface area contributed by atoms with E-state index in [4.69, 9.17) is 4.74 Å². The van der Waals surface area contributed by atoms with Gasteiger partial charge in [0.2, 0.25) is 5.91 Å². The van der Waals surface area contributed by atoms with Gasteiger partial charge in [0.1, 0.15) is 11.4 Å².